The summed E-state index contributed by atoms with van der Waals surface area (Å²) in [5, 5.41) is 0. The molecule has 0 saturated carbocycles. The lowest BCUT2D eigenvalue weighted by molar-refractivity contribution is -0.693. The third kappa shape index (κ3) is 7.31. The Morgan fingerprint density at radius 3 is 0.826 bits per heavy atom. The van der Waals surface area contributed by atoms with E-state index in [1.54, 1.807) is 0 Å². The number of rotatable bonds is 10. The molecule has 0 aliphatic rings. The average Bonchev–Trinajstić information content (AvgIpc) is 3.11. The Kier molecular flexibility index (Phi) is 8.77. The predicted molar refractivity (Wildman–Crippen MR) is 180 cm³/mol. The summed E-state index contributed by atoms with van der Waals surface area (Å²) in [7, 11) is 0. The predicted octanol–water partition coefficient (Wildman–Crippen LogP) is 6.36. The molecule has 0 saturated heterocycles. The van der Waals surface area contributed by atoms with Crippen molar-refractivity contribution in [2.75, 3.05) is 0 Å². The fraction of sp³-hybridized carbons (Fsp3) is 0.0952. The molecule has 0 aliphatic heterocycles. The van der Waals surface area contributed by atoms with Crippen molar-refractivity contribution in [3.63, 3.8) is 0 Å². The Balaban J connectivity index is 0.983. The molecule has 0 amide bonds. The number of nitrogens with zero attached hydrogens (tertiary/aromatic N) is 4. The number of hydrogen-bond donors (Lipinski definition) is 0. The molecule has 0 fully saturated rings. The summed E-state index contributed by atoms with van der Waals surface area (Å²) in [6.07, 6.45) is 17.4. The van der Waals surface area contributed by atoms with Gasteiger partial charge >= 0.3 is 0 Å². The second-order valence-corrected chi connectivity index (χ2v) is 11.8. The van der Waals surface area contributed by atoms with E-state index in [0.29, 0.717) is 0 Å². The van der Waals surface area contributed by atoms with Gasteiger partial charge in [-0.3, -0.25) is 0 Å². The van der Waals surface area contributed by atoms with Crippen molar-refractivity contribution < 1.29 is 18.3 Å². The van der Waals surface area contributed by atoms with Gasteiger partial charge in [0.05, 0.1) is 0 Å². The Morgan fingerprint density at radius 1 is 0.261 bits per heavy atom. The van der Waals surface area contributed by atoms with Crippen LogP contribution in [0, 0.1) is 0 Å². The van der Waals surface area contributed by atoms with E-state index < -0.39 is 0 Å². The largest absolute Gasteiger partial charge is 0.201 e. The summed E-state index contributed by atoms with van der Waals surface area (Å²) in [6.45, 7) is 3.41. The Bertz CT molecular complexity index is 1840. The Hall–Kier alpha value is -5.74. The third-order valence-corrected chi connectivity index (χ3v) is 8.47. The summed E-state index contributed by atoms with van der Waals surface area (Å²) >= 11 is 0. The number of pyridine rings is 4. The number of hydrogen-bond acceptors (Lipinski definition) is 0. The van der Waals surface area contributed by atoms with Gasteiger partial charge in [-0.25, -0.2) is 18.3 Å². The minimum absolute atomic E-state index is 0.827. The van der Waals surface area contributed by atoms with Crippen LogP contribution in [0.15, 0.2) is 183 Å². The topological polar surface area (TPSA) is 15.5 Å². The van der Waals surface area contributed by atoms with E-state index in [1.807, 2.05) is 0 Å². The molecule has 46 heavy (non-hydrogen) atoms. The molecule has 0 spiro atoms. The molecule has 0 radical (unpaired) electrons. The maximum absolute atomic E-state index is 2.26. The van der Waals surface area contributed by atoms with Gasteiger partial charge in [0, 0.05) is 70.8 Å². The lowest BCUT2D eigenvalue weighted by Crippen LogP contribution is -2.36. The van der Waals surface area contributed by atoms with E-state index in [0.717, 1.165) is 26.2 Å². The van der Waals surface area contributed by atoms with E-state index in [1.165, 1.54) is 44.5 Å². The molecular formula is C42H38N4+4. The van der Waals surface area contributed by atoms with Crippen molar-refractivity contribution >= 4 is 0 Å². The fourth-order valence-electron chi connectivity index (χ4n) is 5.87. The monoisotopic (exact) mass is 598 g/mol. The first kappa shape index (κ1) is 29.0. The van der Waals surface area contributed by atoms with Crippen molar-refractivity contribution in [1.82, 2.24) is 0 Å². The van der Waals surface area contributed by atoms with Crippen LogP contribution in [0.25, 0.3) is 22.3 Å². The van der Waals surface area contributed by atoms with Gasteiger partial charge in [-0.05, 0) is 22.3 Å². The first-order valence-electron chi connectivity index (χ1n) is 15.9. The highest BCUT2D eigenvalue weighted by molar-refractivity contribution is 5.61. The van der Waals surface area contributed by atoms with Gasteiger partial charge in [-0.15, -0.1) is 0 Å². The summed E-state index contributed by atoms with van der Waals surface area (Å²) in [5.41, 5.74) is 10.1. The summed E-state index contributed by atoms with van der Waals surface area (Å²) in [4.78, 5) is 0. The smallest absolute Gasteiger partial charge is 0.174 e. The Morgan fingerprint density at radius 2 is 0.522 bits per heavy atom. The first-order chi connectivity index (χ1) is 22.7. The van der Waals surface area contributed by atoms with Gasteiger partial charge in [0.1, 0.15) is 0 Å². The summed E-state index contributed by atoms with van der Waals surface area (Å²) < 4.78 is 8.95. The molecule has 7 aromatic rings. The van der Waals surface area contributed by atoms with E-state index in [9.17, 15) is 0 Å². The normalized spacial score (nSPS) is 11.0. The standard InChI is InChI=1S/C42H38N4/c1-3-9-35(10-4-1)31-43-23-15-37(16-24-43)39-19-27-45(28-20-39)33-41-13-7-8-14-42(41)34-46-29-21-40(22-30-46)38-17-25-44(26-18-38)32-36-11-5-2-6-12-36/h1-30H,31-34H2/q+4. The Labute approximate surface area is 271 Å². The zero-order valence-electron chi connectivity index (χ0n) is 25.9. The quantitative estimate of drug-likeness (QED) is 0.163. The second-order valence-electron chi connectivity index (χ2n) is 11.8. The van der Waals surface area contributed by atoms with E-state index in [4.69, 9.17) is 0 Å². The molecule has 3 aromatic carbocycles. The molecule has 0 unspecified atom stereocenters. The van der Waals surface area contributed by atoms with E-state index in [-0.39, 0.29) is 0 Å². The fourth-order valence-corrected chi connectivity index (χ4v) is 5.87. The molecule has 4 nitrogen and oxygen atoms in total. The number of aromatic nitrogens is 4. The molecule has 0 N–H and O–H groups in total. The average molecular weight is 599 g/mol. The molecule has 0 bridgehead atoms. The lowest BCUT2D eigenvalue weighted by Gasteiger charge is -2.06. The molecular weight excluding hydrogens is 560 g/mol. The minimum atomic E-state index is 0.827. The molecule has 0 aliphatic carbocycles. The van der Waals surface area contributed by atoms with Crippen LogP contribution in [0.2, 0.25) is 0 Å². The highest BCUT2D eigenvalue weighted by atomic mass is 14.9. The SMILES string of the molecule is c1ccc(C[n+]2ccc(-c3cc[n+](Cc4ccccc4C[n+]4ccc(-c5cc[n+](Cc6ccccc6)cc5)cc4)cc3)cc2)cc1. The van der Waals surface area contributed by atoms with Crippen LogP contribution >= 0.6 is 0 Å². The highest BCUT2D eigenvalue weighted by Crippen LogP contribution is 2.18. The van der Waals surface area contributed by atoms with Crippen LogP contribution < -0.4 is 18.3 Å². The van der Waals surface area contributed by atoms with Crippen molar-refractivity contribution in [2.45, 2.75) is 26.2 Å². The second kappa shape index (κ2) is 13.9. The molecule has 4 heterocycles. The van der Waals surface area contributed by atoms with Gasteiger partial charge in [0.2, 0.25) is 0 Å². The van der Waals surface area contributed by atoms with Crippen molar-refractivity contribution in [1.29, 1.82) is 0 Å². The van der Waals surface area contributed by atoms with Crippen LogP contribution in [-0.2, 0) is 26.2 Å². The van der Waals surface area contributed by atoms with Crippen molar-refractivity contribution in [3.05, 3.63) is 205 Å². The van der Waals surface area contributed by atoms with Crippen molar-refractivity contribution in [2.24, 2.45) is 0 Å². The molecule has 0 atom stereocenters. The van der Waals surface area contributed by atoms with Crippen LogP contribution in [0.5, 0.6) is 0 Å². The van der Waals surface area contributed by atoms with Crippen LogP contribution in [0.3, 0.4) is 0 Å². The van der Waals surface area contributed by atoms with Crippen LogP contribution in [0.1, 0.15) is 22.3 Å². The van der Waals surface area contributed by atoms with Gasteiger partial charge in [0.25, 0.3) is 0 Å². The maximum atomic E-state index is 2.26. The molecule has 7 rings (SSSR count). The van der Waals surface area contributed by atoms with Gasteiger partial charge in [0.15, 0.2) is 75.8 Å². The highest BCUT2D eigenvalue weighted by Gasteiger charge is 2.13. The summed E-state index contributed by atoms with van der Waals surface area (Å²) in [6, 6.07) is 47.5. The minimum Gasteiger partial charge on any atom is -0.201 e. The van der Waals surface area contributed by atoms with E-state index >= 15 is 0 Å². The molecule has 4 heteroatoms. The zero-order valence-corrected chi connectivity index (χ0v) is 25.9. The van der Waals surface area contributed by atoms with Gasteiger partial charge in [-0.2, -0.15) is 0 Å². The van der Waals surface area contributed by atoms with Gasteiger partial charge < -0.3 is 0 Å². The molecule has 4 aromatic heterocycles. The zero-order chi connectivity index (χ0) is 31.0. The van der Waals surface area contributed by atoms with Gasteiger partial charge in [-0.1, -0.05) is 84.9 Å². The maximum Gasteiger partial charge on any atom is 0.174 e. The first-order valence-corrected chi connectivity index (χ1v) is 15.9. The van der Waals surface area contributed by atoms with E-state index in [2.05, 4.69) is 201 Å². The van der Waals surface area contributed by atoms with Crippen LogP contribution in [-0.4, -0.2) is 0 Å². The third-order valence-electron chi connectivity index (χ3n) is 8.47. The van der Waals surface area contributed by atoms with Crippen LogP contribution in [0.4, 0.5) is 0 Å². The summed E-state index contributed by atoms with van der Waals surface area (Å²) in [5.74, 6) is 0. The number of benzene rings is 3. The van der Waals surface area contributed by atoms with Crippen molar-refractivity contribution in [3.8, 4) is 22.3 Å². The lowest BCUT2D eigenvalue weighted by atomic mass is 10.1. The molecule has 222 valence electrons.